The molecule has 3 aromatic heterocycles. The molecule has 0 bridgehead atoms. The monoisotopic (exact) mass is 571 g/mol. The van der Waals surface area contributed by atoms with Gasteiger partial charge in [0.1, 0.15) is 29.1 Å². The van der Waals surface area contributed by atoms with Crippen LogP contribution in [-0.4, -0.2) is 72.3 Å². The highest BCUT2D eigenvalue weighted by atomic mass is 32.2. The van der Waals surface area contributed by atoms with Crippen LogP contribution in [-0.2, 0) is 30.6 Å². The van der Waals surface area contributed by atoms with Gasteiger partial charge in [-0.05, 0) is 19.9 Å². The number of nitrogens with two attached hydrogens (primary N) is 1. The Kier molecular flexibility index (Phi) is 6.70. The summed E-state index contributed by atoms with van der Waals surface area (Å²) in [6, 6.07) is 2.27. The summed E-state index contributed by atoms with van der Waals surface area (Å²) in [6.07, 6.45) is 6.10. The zero-order valence-electron chi connectivity index (χ0n) is 21.1. The average molecular weight is 572 g/mol. The van der Waals surface area contributed by atoms with Crippen LogP contribution in [0.3, 0.4) is 0 Å². The molecule has 2 amide bonds. The smallest absolute Gasteiger partial charge is 0.352 e. The lowest BCUT2D eigenvalue weighted by atomic mass is 10.0. The molecule has 15 nitrogen and oxygen atoms in total. The molecule has 0 aromatic carbocycles. The fraction of sp³-hybridized carbons (Fsp3) is 0.292. The number of amides is 2. The zero-order valence-corrected chi connectivity index (χ0v) is 21.9. The molecular formula is C24H23N6O9S+. The van der Waals surface area contributed by atoms with Crippen molar-refractivity contribution >= 4 is 58.2 Å². The number of carboxylic acid groups (broad SMARTS) is 2. The highest BCUT2D eigenvalue weighted by Gasteiger charge is 2.55. The van der Waals surface area contributed by atoms with E-state index in [-0.39, 0.29) is 29.7 Å². The minimum absolute atomic E-state index is 0.156. The maximum atomic E-state index is 13.2. The second-order valence-electron chi connectivity index (χ2n) is 9.39. The Hall–Kier alpha value is -4.86. The van der Waals surface area contributed by atoms with Crippen molar-refractivity contribution in [2.24, 2.45) is 5.16 Å². The third-order valence-electron chi connectivity index (χ3n) is 6.23. The maximum absolute atomic E-state index is 13.2. The number of carbonyl (C=O) groups is 4. The fourth-order valence-corrected chi connectivity index (χ4v) is 5.41. The molecule has 2 atom stereocenters. The SMILES string of the molecule is CC(C)(ON=C(C(=O)NC1C(=O)N2C(C(=O)O)=C(C[n+]3ccc4ccoc4c3)CS[C@@H]12)c1coc(N)n1)C(=O)O. The van der Waals surface area contributed by atoms with Gasteiger partial charge >= 0.3 is 11.9 Å². The summed E-state index contributed by atoms with van der Waals surface area (Å²) in [4.78, 5) is 59.9. The Morgan fingerprint density at radius 1 is 1.32 bits per heavy atom. The first-order valence-corrected chi connectivity index (χ1v) is 12.8. The summed E-state index contributed by atoms with van der Waals surface area (Å²) in [6.45, 7) is 2.65. The molecule has 0 aliphatic carbocycles. The molecule has 2 aliphatic heterocycles. The Morgan fingerprint density at radius 2 is 2.10 bits per heavy atom. The van der Waals surface area contributed by atoms with E-state index in [9.17, 15) is 29.4 Å². The number of carboxylic acids is 2. The van der Waals surface area contributed by atoms with Crippen LogP contribution in [0, 0.1) is 0 Å². The number of β-lactam (4-membered cyclic amide) rings is 1. The van der Waals surface area contributed by atoms with Gasteiger partial charge in [-0.15, -0.1) is 11.8 Å². The van der Waals surface area contributed by atoms with Crippen LogP contribution in [0.15, 0.2) is 62.3 Å². The lowest BCUT2D eigenvalue weighted by Gasteiger charge is -2.49. The molecule has 208 valence electrons. The highest BCUT2D eigenvalue weighted by molar-refractivity contribution is 8.00. The van der Waals surface area contributed by atoms with Crippen LogP contribution in [0.2, 0.25) is 0 Å². The van der Waals surface area contributed by atoms with Gasteiger partial charge in [-0.25, -0.2) is 9.59 Å². The molecule has 5 rings (SSSR count). The third-order valence-corrected chi connectivity index (χ3v) is 7.57. The number of aliphatic carboxylic acids is 2. The third kappa shape index (κ3) is 4.84. The van der Waals surface area contributed by atoms with E-state index in [1.807, 2.05) is 12.1 Å². The number of hydrogen-bond donors (Lipinski definition) is 4. The van der Waals surface area contributed by atoms with E-state index in [2.05, 4.69) is 15.5 Å². The van der Waals surface area contributed by atoms with Crippen molar-refractivity contribution in [1.82, 2.24) is 15.2 Å². The van der Waals surface area contributed by atoms with Gasteiger partial charge in [0.2, 0.25) is 11.8 Å². The van der Waals surface area contributed by atoms with Gasteiger partial charge < -0.3 is 34.9 Å². The van der Waals surface area contributed by atoms with Crippen molar-refractivity contribution in [3.63, 3.8) is 0 Å². The molecule has 0 saturated carbocycles. The lowest BCUT2D eigenvalue weighted by molar-refractivity contribution is -0.688. The molecule has 3 aromatic rings. The quantitative estimate of drug-likeness (QED) is 0.118. The van der Waals surface area contributed by atoms with Crippen molar-refractivity contribution in [2.45, 2.75) is 37.4 Å². The Bertz CT molecular complexity index is 1610. The summed E-state index contributed by atoms with van der Waals surface area (Å²) in [5.74, 6) is -3.91. The zero-order chi connectivity index (χ0) is 28.8. The molecular weight excluding hydrogens is 548 g/mol. The van der Waals surface area contributed by atoms with Crippen LogP contribution in [0.4, 0.5) is 6.01 Å². The Morgan fingerprint density at radius 3 is 2.77 bits per heavy atom. The van der Waals surface area contributed by atoms with Gasteiger partial charge in [-0.1, -0.05) is 5.16 Å². The lowest BCUT2D eigenvalue weighted by Crippen LogP contribution is -2.71. The molecule has 5 N–H and O–H groups in total. The van der Waals surface area contributed by atoms with Crippen molar-refractivity contribution in [3.8, 4) is 0 Å². The number of oxazole rings is 1. The van der Waals surface area contributed by atoms with E-state index in [1.54, 1.807) is 23.2 Å². The maximum Gasteiger partial charge on any atom is 0.352 e. The number of furan rings is 1. The van der Waals surface area contributed by atoms with Crippen molar-refractivity contribution in [1.29, 1.82) is 0 Å². The number of rotatable bonds is 9. The molecule has 16 heteroatoms. The minimum Gasteiger partial charge on any atom is -0.478 e. The number of hydrogen-bond acceptors (Lipinski definition) is 11. The van der Waals surface area contributed by atoms with Crippen LogP contribution in [0.25, 0.3) is 11.0 Å². The average Bonchev–Trinajstić information content (AvgIpc) is 3.55. The van der Waals surface area contributed by atoms with Crippen molar-refractivity contribution in [3.05, 3.63) is 54.0 Å². The van der Waals surface area contributed by atoms with Gasteiger partial charge in [0, 0.05) is 22.8 Å². The van der Waals surface area contributed by atoms with Crippen LogP contribution < -0.4 is 15.6 Å². The second-order valence-corrected chi connectivity index (χ2v) is 10.5. The van der Waals surface area contributed by atoms with Crippen molar-refractivity contribution in [2.75, 3.05) is 11.5 Å². The molecule has 5 heterocycles. The Labute approximate surface area is 229 Å². The fourth-order valence-electron chi connectivity index (χ4n) is 4.08. The summed E-state index contributed by atoms with van der Waals surface area (Å²) in [5.41, 5.74) is 4.04. The minimum atomic E-state index is -1.79. The normalized spacial score (nSPS) is 19.3. The van der Waals surface area contributed by atoms with E-state index in [0.717, 1.165) is 16.5 Å². The predicted molar refractivity (Wildman–Crippen MR) is 136 cm³/mol. The predicted octanol–water partition coefficient (Wildman–Crippen LogP) is 0.313. The van der Waals surface area contributed by atoms with Gasteiger partial charge in [0.25, 0.3) is 17.8 Å². The standard InChI is InChI=1S/C24H22N6O9S/c1-24(2,22(35)36)39-28-15(13-9-38-23(25)26-13)18(31)27-16-19(32)30-17(21(33)34)12(10-40-20(16)30)7-29-5-3-11-4-6-37-14(11)8-29/h3-6,8-9,16,20H,7,10H2,1-2H3,(H4-,25,26,27,31,33,34,35,36)/p+1/t16?,20-/m0/s1. The first-order valence-electron chi connectivity index (χ1n) is 11.7. The van der Waals surface area contributed by atoms with Gasteiger partial charge in [0.05, 0.1) is 6.26 Å². The number of nitrogen functional groups attached to an aromatic ring is 1. The van der Waals surface area contributed by atoms with Crippen molar-refractivity contribution < 1.29 is 47.6 Å². The second kappa shape index (κ2) is 10.0. The topological polar surface area (TPSA) is 215 Å². The van der Waals surface area contributed by atoms with Gasteiger partial charge in [0.15, 0.2) is 24.0 Å². The molecule has 1 fully saturated rings. The summed E-state index contributed by atoms with van der Waals surface area (Å²) >= 11 is 1.28. The number of thioether (sulfide) groups is 1. The number of aromatic nitrogens is 2. The largest absolute Gasteiger partial charge is 0.478 e. The van der Waals surface area contributed by atoms with Crippen LogP contribution >= 0.6 is 11.8 Å². The van der Waals surface area contributed by atoms with Crippen LogP contribution in [0.5, 0.6) is 0 Å². The van der Waals surface area contributed by atoms with Gasteiger partial charge in [-0.3, -0.25) is 14.5 Å². The number of fused-ring (bicyclic) bond motifs is 2. The van der Waals surface area contributed by atoms with E-state index in [1.165, 1.54) is 25.6 Å². The number of carbonyl (C=O) groups excluding carboxylic acids is 2. The number of anilines is 1. The number of nitrogens with zero attached hydrogens (tertiary/aromatic N) is 4. The van der Waals surface area contributed by atoms with E-state index in [0.29, 0.717) is 11.2 Å². The first kappa shape index (κ1) is 26.7. The number of nitrogens with one attached hydrogen (secondary N) is 1. The molecule has 1 unspecified atom stereocenters. The molecule has 0 spiro atoms. The van der Waals surface area contributed by atoms with E-state index in [4.69, 9.17) is 19.4 Å². The number of pyridine rings is 1. The molecule has 2 aliphatic rings. The summed E-state index contributed by atoms with van der Waals surface area (Å²) < 4.78 is 12.1. The van der Waals surface area contributed by atoms with Crippen LogP contribution in [0.1, 0.15) is 19.5 Å². The first-order chi connectivity index (χ1) is 19.0. The van der Waals surface area contributed by atoms with E-state index < -0.39 is 46.5 Å². The molecule has 0 radical (unpaired) electrons. The number of oxime groups is 1. The van der Waals surface area contributed by atoms with Gasteiger partial charge in [-0.2, -0.15) is 9.55 Å². The summed E-state index contributed by atoms with van der Waals surface area (Å²) in [7, 11) is 0. The Balaban J connectivity index is 1.36. The molecule has 1 saturated heterocycles. The highest BCUT2D eigenvalue weighted by Crippen LogP contribution is 2.40. The van der Waals surface area contributed by atoms with E-state index >= 15 is 0 Å². The molecule has 40 heavy (non-hydrogen) atoms. The summed E-state index contributed by atoms with van der Waals surface area (Å²) in [5, 5.41) is 25.6.